The lowest BCUT2D eigenvalue weighted by Crippen LogP contribution is -1.98. The molecule has 20 heavy (non-hydrogen) atoms. The highest BCUT2D eigenvalue weighted by Crippen LogP contribution is 2.24. The second kappa shape index (κ2) is 4.85. The molecular weight excluding hydrogens is 254 g/mol. The van der Waals surface area contributed by atoms with Gasteiger partial charge in [-0.25, -0.2) is 9.97 Å². The number of fused-ring (bicyclic) bond motifs is 1. The number of rotatable bonds is 3. The second-order valence-electron chi connectivity index (χ2n) is 4.71. The number of para-hydroxylation sites is 1. The van der Waals surface area contributed by atoms with Crippen molar-refractivity contribution in [2.24, 2.45) is 0 Å². The number of ether oxygens (including phenoxy) is 1. The molecule has 0 aliphatic rings. The maximum absolute atomic E-state index is 5.80. The maximum Gasteiger partial charge on any atom is 0.247 e. The Hall–Kier alpha value is -2.56. The Morgan fingerprint density at radius 2 is 2.00 bits per heavy atom. The molecule has 0 spiro atoms. The molecule has 2 N–H and O–H groups in total. The van der Waals surface area contributed by atoms with Crippen LogP contribution in [0.4, 0.5) is 5.69 Å². The SMILES string of the molecule is Cc1cccc(C)c1OCc1nc2cc(N)cnc2o1. The van der Waals surface area contributed by atoms with Crippen LogP contribution in [0, 0.1) is 13.8 Å². The third-order valence-corrected chi connectivity index (χ3v) is 3.06. The highest BCUT2D eigenvalue weighted by Gasteiger charge is 2.09. The minimum atomic E-state index is 0.266. The van der Waals surface area contributed by atoms with E-state index in [1.54, 1.807) is 12.3 Å². The van der Waals surface area contributed by atoms with Crippen LogP contribution in [0.25, 0.3) is 11.2 Å². The molecule has 1 aromatic carbocycles. The largest absolute Gasteiger partial charge is 0.483 e. The average Bonchev–Trinajstić information content (AvgIpc) is 2.80. The summed E-state index contributed by atoms with van der Waals surface area (Å²) < 4.78 is 11.3. The van der Waals surface area contributed by atoms with E-state index in [1.165, 1.54) is 0 Å². The number of hydrogen-bond donors (Lipinski definition) is 1. The van der Waals surface area contributed by atoms with Gasteiger partial charge in [0, 0.05) is 0 Å². The van der Waals surface area contributed by atoms with Crippen molar-refractivity contribution >= 4 is 16.9 Å². The second-order valence-corrected chi connectivity index (χ2v) is 4.71. The molecule has 0 radical (unpaired) electrons. The quantitative estimate of drug-likeness (QED) is 0.791. The molecule has 0 amide bonds. The van der Waals surface area contributed by atoms with E-state index in [-0.39, 0.29) is 6.61 Å². The predicted molar refractivity (Wildman–Crippen MR) is 76.5 cm³/mol. The van der Waals surface area contributed by atoms with Crippen molar-refractivity contribution < 1.29 is 9.15 Å². The van der Waals surface area contributed by atoms with E-state index in [2.05, 4.69) is 9.97 Å². The number of aryl methyl sites for hydroxylation is 2. The van der Waals surface area contributed by atoms with Crippen LogP contribution >= 0.6 is 0 Å². The molecule has 2 aromatic heterocycles. The first kappa shape index (κ1) is 12.5. The topological polar surface area (TPSA) is 74.2 Å². The summed E-state index contributed by atoms with van der Waals surface area (Å²) in [5.74, 6) is 1.35. The molecule has 0 unspecified atom stereocenters. The zero-order chi connectivity index (χ0) is 14.1. The molecule has 2 heterocycles. The van der Waals surface area contributed by atoms with Gasteiger partial charge in [-0.15, -0.1) is 0 Å². The van der Waals surface area contributed by atoms with Gasteiger partial charge in [-0.2, -0.15) is 0 Å². The molecule has 0 saturated heterocycles. The molecular formula is C15H15N3O2. The fourth-order valence-electron chi connectivity index (χ4n) is 2.11. The van der Waals surface area contributed by atoms with E-state index in [4.69, 9.17) is 14.9 Å². The van der Waals surface area contributed by atoms with E-state index < -0.39 is 0 Å². The number of nitrogen functional groups attached to an aromatic ring is 1. The molecule has 3 rings (SSSR count). The zero-order valence-corrected chi connectivity index (χ0v) is 11.4. The number of anilines is 1. The number of benzene rings is 1. The van der Waals surface area contributed by atoms with Crippen LogP contribution in [0.3, 0.4) is 0 Å². The fourth-order valence-corrected chi connectivity index (χ4v) is 2.11. The molecule has 0 aliphatic heterocycles. The van der Waals surface area contributed by atoms with Crippen LogP contribution in [0.15, 0.2) is 34.9 Å². The standard InChI is InChI=1S/C15H15N3O2/c1-9-4-3-5-10(2)14(9)19-8-13-18-12-6-11(16)7-17-15(12)20-13/h3-7H,8,16H2,1-2H3. The lowest BCUT2D eigenvalue weighted by atomic mass is 10.1. The van der Waals surface area contributed by atoms with Gasteiger partial charge in [0.05, 0.1) is 11.9 Å². The third kappa shape index (κ3) is 2.30. The summed E-state index contributed by atoms with van der Waals surface area (Å²) in [5.41, 5.74) is 9.51. The molecule has 102 valence electrons. The minimum absolute atomic E-state index is 0.266. The van der Waals surface area contributed by atoms with Gasteiger partial charge in [-0.3, -0.25) is 0 Å². The van der Waals surface area contributed by atoms with Crippen molar-refractivity contribution in [3.8, 4) is 5.75 Å². The van der Waals surface area contributed by atoms with Gasteiger partial charge >= 0.3 is 0 Å². The van der Waals surface area contributed by atoms with E-state index >= 15 is 0 Å². The number of nitrogens with zero attached hydrogens (tertiary/aromatic N) is 2. The van der Waals surface area contributed by atoms with Crippen molar-refractivity contribution in [2.45, 2.75) is 20.5 Å². The summed E-state index contributed by atoms with van der Waals surface area (Å²) in [6.45, 7) is 4.29. The van der Waals surface area contributed by atoms with Crippen molar-refractivity contribution in [1.82, 2.24) is 9.97 Å². The number of hydrogen-bond acceptors (Lipinski definition) is 5. The van der Waals surface area contributed by atoms with Crippen LogP contribution < -0.4 is 10.5 Å². The Bertz CT molecular complexity index is 745. The van der Waals surface area contributed by atoms with Crippen molar-refractivity contribution in [3.05, 3.63) is 47.5 Å². The van der Waals surface area contributed by atoms with E-state index in [0.29, 0.717) is 22.8 Å². The highest BCUT2D eigenvalue weighted by atomic mass is 16.5. The van der Waals surface area contributed by atoms with Gasteiger partial charge in [0.1, 0.15) is 11.3 Å². The van der Waals surface area contributed by atoms with Crippen LogP contribution in [0.1, 0.15) is 17.0 Å². The van der Waals surface area contributed by atoms with Crippen LogP contribution in [0.2, 0.25) is 0 Å². The monoisotopic (exact) mass is 269 g/mol. The Balaban J connectivity index is 1.83. The third-order valence-electron chi connectivity index (χ3n) is 3.06. The Morgan fingerprint density at radius 3 is 2.75 bits per heavy atom. The fraction of sp³-hybridized carbons (Fsp3) is 0.200. The van der Waals surface area contributed by atoms with Crippen molar-refractivity contribution in [2.75, 3.05) is 5.73 Å². The van der Waals surface area contributed by atoms with E-state index in [0.717, 1.165) is 16.9 Å². The first-order valence-electron chi connectivity index (χ1n) is 6.33. The van der Waals surface area contributed by atoms with Crippen molar-refractivity contribution in [3.63, 3.8) is 0 Å². The molecule has 5 nitrogen and oxygen atoms in total. The Morgan fingerprint density at radius 1 is 1.25 bits per heavy atom. The summed E-state index contributed by atoms with van der Waals surface area (Å²) in [6, 6.07) is 7.76. The average molecular weight is 269 g/mol. The van der Waals surface area contributed by atoms with E-state index in [1.807, 2.05) is 32.0 Å². The first-order valence-corrected chi connectivity index (χ1v) is 6.33. The minimum Gasteiger partial charge on any atom is -0.483 e. The molecule has 0 atom stereocenters. The van der Waals surface area contributed by atoms with Gasteiger partial charge in [-0.1, -0.05) is 18.2 Å². The number of aromatic nitrogens is 2. The zero-order valence-electron chi connectivity index (χ0n) is 11.4. The van der Waals surface area contributed by atoms with Gasteiger partial charge in [0.2, 0.25) is 11.6 Å². The highest BCUT2D eigenvalue weighted by molar-refractivity contribution is 5.71. The number of nitrogens with two attached hydrogens (primary N) is 1. The van der Waals surface area contributed by atoms with Gasteiger partial charge in [-0.05, 0) is 31.0 Å². The summed E-state index contributed by atoms with van der Waals surface area (Å²) in [6.07, 6.45) is 1.55. The Labute approximate surface area is 116 Å². The molecule has 0 bridgehead atoms. The summed E-state index contributed by atoms with van der Waals surface area (Å²) >= 11 is 0. The molecule has 5 heteroatoms. The van der Waals surface area contributed by atoms with Crippen LogP contribution in [0.5, 0.6) is 5.75 Å². The van der Waals surface area contributed by atoms with Gasteiger partial charge < -0.3 is 14.9 Å². The lowest BCUT2D eigenvalue weighted by molar-refractivity contribution is 0.263. The molecule has 0 saturated carbocycles. The van der Waals surface area contributed by atoms with Gasteiger partial charge in [0.25, 0.3) is 0 Å². The lowest BCUT2D eigenvalue weighted by Gasteiger charge is -2.09. The molecule has 0 aliphatic carbocycles. The first-order chi connectivity index (χ1) is 9.63. The summed E-state index contributed by atoms with van der Waals surface area (Å²) in [5, 5.41) is 0. The number of oxazole rings is 1. The summed E-state index contributed by atoms with van der Waals surface area (Å²) in [7, 11) is 0. The molecule has 0 fully saturated rings. The number of pyridine rings is 1. The smallest absolute Gasteiger partial charge is 0.247 e. The van der Waals surface area contributed by atoms with Gasteiger partial charge in [0.15, 0.2) is 6.61 Å². The predicted octanol–water partition coefficient (Wildman–Crippen LogP) is 3.00. The van der Waals surface area contributed by atoms with Crippen LogP contribution in [-0.4, -0.2) is 9.97 Å². The molecule has 3 aromatic rings. The normalized spacial score (nSPS) is 10.9. The summed E-state index contributed by atoms with van der Waals surface area (Å²) in [4.78, 5) is 8.40. The van der Waals surface area contributed by atoms with Crippen LogP contribution in [-0.2, 0) is 6.61 Å². The maximum atomic E-state index is 5.80. The van der Waals surface area contributed by atoms with Crippen molar-refractivity contribution in [1.29, 1.82) is 0 Å². The Kier molecular flexibility index (Phi) is 3.02. The van der Waals surface area contributed by atoms with E-state index in [9.17, 15) is 0 Å².